The molecular weight excluding hydrogens is 326 g/mol. The van der Waals surface area contributed by atoms with Gasteiger partial charge in [-0.2, -0.15) is 0 Å². The van der Waals surface area contributed by atoms with Gasteiger partial charge in [0.25, 0.3) is 5.69 Å². The maximum absolute atomic E-state index is 12.3. The molecule has 0 saturated carbocycles. The van der Waals surface area contributed by atoms with Gasteiger partial charge in [0.2, 0.25) is 0 Å². The van der Waals surface area contributed by atoms with E-state index in [4.69, 9.17) is 11.6 Å². The van der Waals surface area contributed by atoms with Gasteiger partial charge in [-0.15, -0.1) is 0 Å². The summed E-state index contributed by atoms with van der Waals surface area (Å²) in [6.07, 6.45) is 5.56. The summed E-state index contributed by atoms with van der Waals surface area (Å²) >= 11 is 5.85. The van der Waals surface area contributed by atoms with Crippen molar-refractivity contribution in [3.63, 3.8) is 0 Å². The summed E-state index contributed by atoms with van der Waals surface area (Å²) < 4.78 is 0. The van der Waals surface area contributed by atoms with E-state index in [0.717, 1.165) is 11.1 Å². The summed E-state index contributed by atoms with van der Waals surface area (Å²) in [5.74, 6) is -0.0918. The van der Waals surface area contributed by atoms with Gasteiger partial charge in [-0.1, -0.05) is 36.7 Å². The maximum Gasteiger partial charge on any atom is 0.269 e. The SMILES string of the molecule is CC/C(=C\c1ccc(Cl)cc1)C(=O)/C=C/c1ccc([N+](=O)[O-])cc1. The lowest BCUT2D eigenvalue weighted by Gasteiger charge is -2.01. The number of nitro benzene ring substituents is 1. The Kier molecular flexibility index (Phi) is 6.04. The first-order chi connectivity index (χ1) is 11.5. The van der Waals surface area contributed by atoms with Crippen LogP contribution in [0.25, 0.3) is 12.2 Å². The number of hydrogen-bond donors (Lipinski definition) is 0. The van der Waals surface area contributed by atoms with E-state index in [1.165, 1.54) is 18.2 Å². The second kappa shape index (κ2) is 8.22. The smallest absolute Gasteiger partial charge is 0.269 e. The third kappa shape index (κ3) is 4.89. The lowest BCUT2D eigenvalue weighted by atomic mass is 10.0. The highest BCUT2D eigenvalue weighted by molar-refractivity contribution is 6.30. The van der Waals surface area contributed by atoms with Crippen LogP contribution in [0.2, 0.25) is 5.02 Å². The standard InChI is InChI=1S/C19H16ClNO3/c1-2-16(13-15-3-8-17(20)9-4-15)19(22)12-7-14-5-10-18(11-6-14)21(23)24/h3-13H,2H2,1H3/b12-7+,16-13+. The topological polar surface area (TPSA) is 60.2 Å². The minimum Gasteiger partial charge on any atom is -0.290 e. The largest absolute Gasteiger partial charge is 0.290 e. The minimum atomic E-state index is -0.456. The van der Waals surface area contributed by atoms with Crippen LogP contribution in [0.15, 0.2) is 60.2 Å². The molecule has 0 aliphatic rings. The molecule has 0 heterocycles. The maximum atomic E-state index is 12.3. The fraction of sp³-hybridized carbons (Fsp3) is 0.105. The highest BCUT2D eigenvalue weighted by Crippen LogP contribution is 2.16. The van der Waals surface area contributed by atoms with Gasteiger partial charge in [-0.3, -0.25) is 14.9 Å². The number of non-ortho nitro benzene ring substituents is 1. The Morgan fingerprint density at radius 2 is 1.67 bits per heavy atom. The zero-order valence-corrected chi connectivity index (χ0v) is 13.9. The minimum absolute atomic E-state index is 0.0235. The Morgan fingerprint density at radius 1 is 1.08 bits per heavy atom. The molecule has 0 bridgehead atoms. The molecule has 5 heteroatoms. The summed E-state index contributed by atoms with van der Waals surface area (Å²) in [7, 11) is 0. The third-order valence-electron chi connectivity index (χ3n) is 3.44. The summed E-state index contributed by atoms with van der Waals surface area (Å²) in [5.41, 5.74) is 2.34. The molecule has 0 atom stereocenters. The molecule has 0 N–H and O–H groups in total. The number of carbonyl (C=O) groups is 1. The van der Waals surface area contributed by atoms with Crippen LogP contribution in [0.3, 0.4) is 0 Å². The quantitative estimate of drug-likeness (QED) is 0.405. The van der Waals surface area contributed by atoms with Crippen molar-refractivity contribution >= 4 is 35.2 Å². The van der Waals surface area contributed by atoms with Crippen molar-refractivity contribution < 1.29 is 9.72 Å². The molecule has 2 aromatic carbocycles. The molecule has 0 spiro atoms. The van der Waals surface area contributed by atoms with Gasteiger partial charge in [-0.05, 0) is 59.5 Å². The average Bonchev–Trinajstić information content (AvgIpc) is 2.59. The van der Waals surface area contributed by atoms with E-state index >= 15 is 0 Å². The van der Waals surface area contributed by atoms with Crippen molar-refractivity contribution in [2.24, 2.45) is 0 Å². The number of carbonyl (C=O) groups excluding carboxylic acids is 1. The van der Waals surface area contributed by atoms with Crippen molar-refractivity contribution in [3.8, 4) is 0 Å². The van der Waals surface area contributed by atoms with Crippen LogP contribution in [-0.2, 0) is 4.79 Å². The number of benzene rings is 2. The summed E-state index contributed by atoms with van der Waals surface area (Å²) in [5, 5.41) is 11.3. The molecule has 24 heavy (non-hydrogen) atoms. The van der Waals surface area contributed by atoms with Gasteiger partial charge in [0.1, 0.15) is 0 Å². The first kappa shape index (κ1) is 17.6. The summed E-state index contributed by atoms with van der Waals surface area (Å²) in [6.45, 7) is 1.92. The predicted octanol–water partition coefficient (Wildman–Crippen LogP) is 5.32. The zero-order chi connectivity index (χ0) is 17.5. The second-order valence-electron chi connectivity index (χ2n) is 5.12. The molecule has 0 amide bonds. The van der Waals surface area contributed by atoms with Gasteiger partial charge in [0, 0.05) is 17.2 Å². The molecule has 0 radical (unpaired) electrons. The Labute approximate surface area is 145 Å². The van der Waals surface area contributed by atoms with Crippen LogP contribution in [0.5, 0.6) is 0 Å². The predicted molar refractivity (Wildman–Crippen MR) is 96.9 cm³/mol. The highest BCUT2D eigenvalue weighted by atomic mass is 35.5. The molecule has 0 fully saturated rings. The fourth-order valence-corrected chi connectivity index (χ4v) is 2.22. The molecule has 0 saturated heterocycles. The molecular formula is C19H16ClNO3. The van der Waals surface area contributed by atoms with Crippen LogP contribution in [0, 0.1) is 10.1 Å². The number of ketones is 1. The average molecular weight is 342 g/mol. The zero-order valence-electron chi connectivity index (χ0n) is 13.1. The van der Waals surface area contributed by atoms with E-state index in [0.29, 0.717) is 17.0 Å². The molecule has 2 rings (SSSR count). The van der Waals surface area contributed by atoms with Gasteiger partial charge in [0.15, 0.2) is 5.78 Å². The number of halogens is 1. The van der Waals surface area contributed by atoms with Crippen LogP contribution >= 0.6 is 11.6 Å². The Balaban J connectivity index is 2.13. The van der Waals surface area contributed by atoms with Gasteiger partial charge in [0.05, 0.1) is 4.92 Å². The van der Waals surface area contributed by atoms with Gasteiger partial charge < -0.3 is 0 Å². The van der Waals surface area contributed by atoms with Gasteiger partial charge >= 0.3 is 0 Å². The first-order valence-corrected chi connectivity index (χ1v) is 7.80. The second-order valence-corrected chi connectivity index (χ2v) is 5.56. The lowest BCUT2D eigenvalue weighted by Crippen LogP contribution is -1.97. The Hall–Kier alpha value is -2.72. The lowest BCUT2D eigenvalue weighted by molar-refractivity contribution is -0.384. The number of rotatable bonds is 6. The van der Waals surface area contributed by atoms with Crippen molar-refractivity contribution in [2.75, 3.05) is 0 Å². The van der Waals surface area contributed by atoms with Crippen LogP contribution in [0.1, 0.15) is 24.5 Å². The molecule has 0 unspecified atom stereocenters. The van der Waals surface area contributed by atoms with E-state index in [1.54, 1.807) is 30.3 Å². The molecule has 2 aromatic rings. The van der Waals surface area contributed by atoms with E-state index in [9.17, 15) is 14.9 Å². The van der Waals surface area contributed by atoms with Crippen molar-refractivity contribution in [3.05, 3.63) is 86.4 Å². The Morgan fingerprint density at radius 3 is 2.21 bits per heavy atom. The molecule has 122 valence electrons. The number of nitro groups is 1. The Bertz CT molecular complexity index is 790. The van der Waals surface area contributed by atoms with Gasteiger partial charge in [-0.25, -0.2) is 0 Å². The molecule has 0 aliphatic heterocycles. The van der Waals surface area contributed by atoms with Crippen molar-refractivity contribution in [2.45, 2.75) is 13.3 Å². The molecule has 0 aromatic heterocycles. The molecule has 4 nitrogen and oxygen atoms in total. The molecule has 0 aliphatic carbocycles. The van der Waals surface area contributed by atoms with E-state index in [2.05, 4.69) is 0 Å². The van der Waals surface area contributed by atoms with Crippen molar-refractivity contribution in [1.82, 2.24) is 0 Å². The van der Waals surface area contributed by atoms with E-state index in [-0.39, 0.29) is 11.5 Å². The highest BCUT2D eigenvalue weighted by Gasteiger charge is 2.05. The van der Waals surface area contributed by atoms with Crippen LogP contribution in [0.4, 0.5) is 5.69 Å². The number of nitrogens with zero attached hydrogens (tertiary/aromatic N) is 1. The van der Waals surface area contributed by atoms with Crippen LogP contribution < -0.4 is 0 Å². The van der Waals surface area contributed by atoms with Crippen molar-refractivity contribution in [1.29, 1.82) is 0 Å². The normalized spacial score (nSPS) is 11.7. The van der Waals surface area contributed by atoms with Crippen LogP contribution in [-0.4, -0.2) is 10.7 Å². The van der Waals surface area contributed by atoms with E-state index < -0.39 is 4.92 Å². The van der Waals surface area contributed by atoms with E-state index in [1.807, 2.05) is 25.1 Å². The first-order valence-electron chi connectivity index (χ1n) is 7.42. The third-order valence-corrected chi connectivity index (χ3v) is 3.69. The summed E-state index contributed by atoms with van der Waals surface area (Å²) in [6, 6.07) is 13.3. The number of hydrogen-bond acceptors (Lipinski definition) is 3. The summed E-state index contributed by atoms with van der Waals surface area (Å²) in [4.78, 5) is 22.5. The number of allylic oxidation sites excluding steroid dienone is 2. The monoisotopic (exact) mass is 341 g/mol. The fourth-order valence-electron chi connectivity index (χ4n) is 2.09.